The minimum atomic E-state index is -1.73. The summed E-state index contributed by atoms with van der Waals surface area (Å²) in [7, 11) is 2.82. The Morgan fingerprint density at radius 2 is 2.11 bits per heavy atom. The molecule has 2 aliphatic heterocycles. The third-order valence-electron chi connectivity index (χ3n) is 5.76. The molecule has 36 heavy (non-hydrogen) atoms. The molecule has 190 valence electrons. The lowest BCUT2D eigenvalue weighted by Crippen LogP contribution is -2.83. The number of ether oxygens (including phenoxy) is 3. The number of esters is 1. The number of carbonyl (C=O) groups is 3. The number of aromatic amines is 1. The Morgan fingerprint density at radius 1 is 1.36 bits per heavy atom. The maximum Gasteiger partial charge on any atom is 0.333 e. The van der Waals surface area contributed by atoms with Crippen molar-refractivity contribution in [2.45, 2.75) is 36.3 Å². The van der Waals surface area contributed by atoms with Crippen LogP contribution in [0.4, 0.5) is 0 Å². The Balaban J connectivity index is 1.53. The third-order valence-corrected chi connectivity index (χ3v) is 6.99. The molecule has 1 fully saturated rings. The molecule has 0 spiro atoms. The number of fused-ring (bicyclic) bond motifs is 1. The number of rotatable bonds is 10. The molecule has 4 rings (SSSR count). The summed E-state index contributed by atoms with van der Waals surface area (Å²) in [6, 6.07) is 5.70. The van der Waals surface area contributed by atoms with Gasteiger partial charge in [-0.3, -0.25) is 9.59 Å². The number of β-lactam (4-membered cyclic amide) rings is 1. The van der Waals surface area contributed by atoms with Crippen molar-refractivity contribution in [1.82, 2.24) is 30.8 Å². The Morgan fingerprint density at radius 3 is 2.72 bits per heavy atom. The van der Waals surface area contributed by atoms with Crippen LogP contribution in [-0.4, -0.2) is 85.9 Å². The van der Waals surface area contributed by atoms with Gasteiger partial charge in [0.15, 0.2) is 11.9 Å². The zero-order valence-electron chi connectivity index (χ0n) is 19.4. The molecular formula is C22H24N6O7S. The number of benzene rings is 1. The normalized spacial score (nSPS) is 23.6. The number of aliphatic hydroxyl groups excluding tert-OH is 1. The van der Waals surface area contributed by atoms with Crippen LogP contribution in [0, 0.1) is 0 Å². The summed E-state index contributed by atoms with van der Waals surface area (Å²) in [5, 5.41) is 26.9. The van der Waals surface area contributed by atoms with Crippen molar-refractivity contribution < 1.29 is 33.7 Å². The highest BCUT2D eigenvalue weighted by Crippen LogP contribution is 2.47. The summed E-state index contributed by atoms with van der Waals surface area (Å²) in [6.07, 6.45) is -0.192. The first kappa shape index (κ1) is 25.3. The second-order valence-corrected chi connectivity index (χ2v) is 8.80. The molecule has 0 bridgehead atoms. The lowest BCUT2D eigenvalue weighted by Gasteiger charge is -2.57. The number of hydrogen-bond acceptors (Lipinski definition) is 11. The van der Waals surface area contributed by atoms with E-state index in [1.165, 1.54) is 18.1 Å². The monoisotopic (exact) mass is 516 g/mol. The highest BCUT2D eigenvalue weighted by molar-refractivity contribution is 8.03. The van der Waals surface area contributed by atoms with Gasteiger partial charge in [-0.1, -0.05) is 23.4 Å². The van der Waals surface area contributed by atoms with E-state index in [-0.39, 0.29) is 24.4 Å². The highest BCUT2D eigenvalue weighted by atomic mass is 32.2. The van der Waals surface area contributed by atoms with Gasteiger partial charge < -0.3 is 29.5 Å². The van der Waals surface area contributed by atoms with Gasteiger partial charge in [0.05, 0.1) is 19.6 Å². The number of nitrogens with one attached hydrogen (secondary N) is 2. The number of amides is 2. The Bertz CT molecular complexity index is 1170. The maximum absolute atomic E-state index is 13.4. The number of nitrogens with zero attached hydrogens (tertiary/aromatic N) is 4. The van der Waals surface area contributed by atoms with E-state index in [4.69, 9.17) is 14.2 Å². The van der Waals surface area contributed by atoms with Gasteiger partial charge in [-0.15, -0.1) is 28.5 Å². The van der Waals surface area contributed by atoms with Crippen LogP contribution in [0.1, 0.15) is 11.4 Å². The topological polar surface area (TPSA) is 169 Å². The molecule has 4 atom stereocenters. The van der Waals surface area contributed by atoms with Crippen molar-refractivity contribution in [3.63, 3.8) is 0 Å². The first-order valence-electron chi connectivity index (χ1n) is 10.7. The van der Waals surface area contributed by atoms with Gasteiger partial charge in [0.25, 0.3) is 11.6 Å². The molecule has 0 radical (unpaired) electrons. The van der Waals surface area contributed by atoms with Crippen LogP contribution < -0.4 is 10.1 Å². The smallest absolute Gasteiger partial charge is 0.333 e. The highest BCUT2D eigenvalue weighted by Gasteiger charge is 2.68. The molecular weight excluding hydrogens is 492 g/mol. The molecule has 1 aromatic carbocycles. The van der Waals surface area contributed by atoms with E-state index in [1.807, 2.05) is 0 Å². The molecule has 14 heteroatoms. The van der Waals surface area contributed by atoms with Gasteiger partial charge in [-0.25, -0.2) is 4.79 Å². The van der Waals surface area contributed by atoms with E-state index >= 15 is 0 Å². The molecule has 1 aromatic heterocycles. The quantitative estimate of drug-likeness (QED) is 0.164. The Kier molecular flexibility index (Phi) is 7.37. The first-order valence-corrected chi connectivity index (χ1v) is 11.7. The van der Waals surface area contributed by atoms with Gasteiger partial charge >= 0.3 is 5.97 Å². The number of hydrogen-bond donors (Lipinski definition) is 3. The number of carbonyl (C=O) groups excluding carboxylic acids is 3. The molecule has 3 heterocycles. The van der Waals surface area contributed by atoms with E-state index in [9.17, 15) is 19.5 Å². The van der Waals surface area contributed by atoms with Gasteiger partial charge in [0.2, 0.25) is 5.91 Å². The zero-order valence-corrected chi connectivity index (χ0v) is 20.2. The summed E-state index contributed by atoms with van der Waals surface area (Å²) in [6.45, 7) is 3.51. The van der Waals surface area contributed by atoms with Crippen molar-refractivity contribution in [3.8, 4) is 5.75 Å². The average Bonchev–Trinajstić information content (AvgIpc) is 3.41. The number of methoxy groups -OCH3 is 2. The van der Waals surface area contributed by atoms with Gasteiger partial charge in [0.1, 0.15) is 17.7 Å². The number of aliphatic hydroxyl groups is 1. The molecule has 1 saturated heterocycles. The Hall–Kier alpha value is -3.75. The lowest BCUT2D eigenvalue weighted by atomic mass is 9.92. The summed E-state index contributed by atoms with van der Waals surface area (Å²) < 4.78 is 16.1. The van der Waals surface area contributed by atoms with E-state index < -0.39 is 41.0 Å². The fourth-order valence-electron chi connectivity index (χ4n) is 3.89. The van der Waals surface area contributed by atoms with Crippen LogP contribution in [0.25, 0.3) is 0 Å². The minimum Gasteiger partial charge on any atom is -0.497 e. The van der Waals surface area contributed by atoms with Crippen LogP contribution >= 0.6 is 11.8 Å². The van der Waals surface area contributed by atoms with Crippen LogP contribution in [0.15, 0.2) is 47.9 Å². The summed E-state index contributed by atoms with van der Waals surface area (Å²) >= 11 is 1.11. The van der Waals surface area contributed by atoms with Crippen molar-refractivity contribution in [3.05, 3.63) is 59.3 Å². The predicted molar refractivity (Wildman–Crippen MR) is 125 cm³/mol. The third kappa shape index (κ3) is 4.57. The van der Waals surface area contributed by atoms with Gasteiger partial charge in [-0.05, 0) is 23.1 Å². The largest absolute Gasteiger partial charge is 0.497 e. The van der Waals surface area contributed by atoms with Gasteiger partial charge in [-0.2, -0.15) is 5.21 Å². The van der Waals surface area contributed by atoms with Crippen LogP contribution in [0.2, 0.25) is 0 Å². The molecule has 13 nitrogen and oxygen atoms in total. The summed E-state index contributed by atoms with van der Waals surface area (Å²) in [5.41, 5.74) is -0.806. The number of H-pyrrole nitrogens is 1. The van der Waals surface area contributed by atoms with E-state index in [0.29, 0.717) is 11.3 Å². The summed E-state index contributed by atoms with van der Waals surface area (Å²) in [5.74, 6) is -1.21. The van der Waals surface area contributed by atoms with Crippen LogP contribution in [-0.2, 0) is 36.9 Å². The summed E-state index contributed by atoms with van der Waals surface area (Å²) in [4.78, 5) is 40.4. The second-order valence-electron chi connectivity index (χ2n) is 7.85. The van der Waals surface area contributed by atoms with Crippen molar-refractivity contribution in [2.24, 2.45) is 0 Å². The fraction of sp³-hybridized carbons (Fsp3) is 0.364. The van der Waals surface area contributed by atoms with Crippen molar-refractivity contribution in [2.75, 3.05) is 14.2 Å². The molecule has 0 saturated carbocycles. The maximum atomic E-state index is 13.4. The first-order chi connectivity index (χ1) is 17.3. The molecule has 2 aromatic rings. The minimum absolute atomic E-state index is 0.0620. The molecule has 3 unspecified atom stereocenters. The van der Waals surface area contributed by atoms with Crippen molar-refractivity contribution >= 4 is 29.5 Å². The molecule has 2 amide bonds. The molecule has 3 N–H and O–H groups in total. The van der Waals surface area contributed by atoms with E-state index in [0.717, 1.165) is 11.8 Å². The van der Waals surface area contributed by atoms with E-state index in [1.54, 1.807) is 36.8 Å². The van der Waals surface area contributed by atoms with Crippen LogP contribution in [0.5, 0.6) is 5.75 Å². The average molecular weight is 517 g/mol. The van der Waals surface area contributed by atoms with E-state index in [2.05, 4.69) is 32.5 Å². The number of aromatic nitrogens is 4. The number of thioether (sulfide) groups is 1. The van der Waals surface area contributed by atoms with Gasteiger partial charge in [0, 0.05) is 12.7 Å². The zero-order chi connectivity index (χ0) is 25.9. The predicted octanol–water partition coefficient (Wildman–Crippen LogP) is -0.332. The molecule has 0 aliphatic carbocycles. The SMILES string of the molecule is C=CC(O)C1=CS[C@@H]2N(C(=O)C2(NC(=O)Cc2nn[nH]n2)OC)C1C(=O)OCc1ccc(OC)cc1. The number of tetrazole rings is 1. The fourth-order valence-corrected chi connectivity index (χ4v) is 5.25. The second kappa shape index (κ2) is 10.5. The standard InChI is InChI=1S/C22H24N6O7S/c1-4-15(29)14-11-36-21-22(34-3,23-17(30)9-16-24-26-27-25-16)20(32)28(21)18(14)19(31)35-10-12-5-7-13(33-2)8-6-12/h4-8,11,15,18,21,29H,1,9-10H2,2-3H3,(H,23,30)(H,24,25,26,27)/t15?,18?,21-,22?/m0/s1. The van der Waals surface area contributed by atoms with Crippen molar-refractivity contribution in [1.29, 1.82) is 0 Å². The van der Waals surface area contributed by atoms with Crippen LogP contribution in [0.3, 0.4) is 0 Å². The molecule has 2 aliphatic rings. The Labute approximate surface area is 209 Å². The lowest BCUT2D eigenvalue weighted by molar-refractivity contribution is -0.203.